The second kappa shape index (κ2) is 9.70. The first-order valence-electron chi connectivity index (χ1n) is 11.7. The van der Waals surface area contributed by atoms with E-state index in [4.69, 9.17) is 4.74 Å². The van der Waals surface area contributed by atoms with Crippen molar-refractivity contribution in [2.24, 2.45) is 0 Å². The monoisotopic (exact) mass is 484 g/mol. The zero-order valence-electron chi connectivity index (χ0n) is 19.7. The number of fused-ring (bicyclic) bond motifs is 1. The lowest BCUT2D eigenvalue weighted by Crippen LogP contribution is -2.33. The third-order valence-corrected chi connectivity index (χ3v) is 6.61. The topological polar surface area (TPSA) is 82.6 Å². The lowest BCUT2D eigenvalue weighted by molar-refractivity contribution is -0.129. The van der Waals surface area contributed by atoms with Gasteiger partial charge in [-0.2, -0.15) is 0 Å². The molecule has 1 amide bonds. The number of amides is 1. The molecule has 0 unspecified atom stereocenters. The number of ether oxygens (including phenoxy) is 1. The van der Waals surface area contributed by atoms with E-state index in [1.807, 2.05) is 42.6 Å². The van der Waals surface area contributed by atoms with E-state index in [0.717, 1.165) is 22.0 Å². The number of benzene rings is 3. The van der Waals surface area contributed by atoms with Crippen molar-refractivity contribution in [2.75, 3.05) is 13.7 Å². The molecule has 0 radical (unpaired) electrons. The van der Waals surface area contributed by atoms with Gasteiger partial charge < -0.3 is 19.7 Å². The highest BCUT2D eigenvalue weighted by molar-refractivity contribution is 6.09. The summed E-state index contributed by atoms with van der Waals surface area (Å²) in [4.78, 5) is 31.1. The molecule has 1 aliphatic heterocycles. The molecule has 0 aliphatic carbocycles. The summed E-state index contributed by atoms with van der Waals surface area (Å²) in [5.41, 5.74) is 2.70. The van der Waals surface area contributed by atoms with Crippen LogP contribution in [0.25, 0.3) is 10.9 Å². The van der Waals surface area contributed by atoms with Gasteiger partial charge in [-0.15, -0.1) is 0 Å². The van der Waals surface area contributed by atoms with E-state index < -0.39 is 29.3 Å². The molecule has 7 heteroatoms. The van der Waals surface area contributed by atoms with Crippen molar-refractivity contribution in [3.8, 4) is 5.75 Å². The van der Waals surface area contributed by atoms with Crippen molar-refractivity contribution in [2.45, 2.75) is 18.9 Å². The van der Waals surface area contributed by atoms with Gasteiger partial charge in [-0.3, -0.25) is 9.59 Å². The minimum absolute atomic E-state index is 0.00541. The molecule has 0 fully saturated rings. The molecular weight excluding hydrogens is 459 g/mol. The van der Waals surface area contributed by atoms with Crippen LogP contribution in [0.2, 0.25) is 0 Å². The summed E-state index contributed by atoms with van der Waals surface area (Å²) in [5.74, 6) is -1.56. The van der Waals surface area contributed by atoms with E-state index in [2.05, 4.69) is 4.98 Å². The second-order valence-corrected chi connectivity index (χ2v) is 8.75. The van der Waals surface area contributed by atoms with Crippen molar-refractivity contribution in [1.82, 2.24) is 9.88 Å². The zero-order chi connectivity index (χ0) is 25.2. The average Bonchev–Trinajstić information content (AvgIpc) is 3.41. The molecule has 0 spiro atoms. The lowest BCUT2D eigenvalue weighted by atomic mass is 9.92. The Morgan fingerprint density at radius 1 is 1.08 bits per heavy atom. The number of hydrogen-bond acceptors (Lipinski definition) is 4. The largest absolute Gasteiger partial charge is 0.503 e. The Bertz CT molecular complexity index is 1480. The number of H-pyrrole nitrogens is 1. The number of Topliss-reactive ketones (excluding diaryl/α,β-unsaturated/α-hetero) is 1. The Labute approximate surface area is 207 Å². The summed E-state index contributed by atoms with van der Waals surface area (Å²) in [6.07, 6.45) is 2.28. The number of carbonyl (C=O) groups excluding carboxylic acids is 2. The smallest absolute Gasteiger partial charge is 0.290 e. The Balaban J connectivity index is 1.48. The van der Waals surface area contributed by atoms with Gasteiger partial charge in [0.2, 0.25) is 0 Å². The second-order valence-electron chi connectivity index (χ2n) is 8.75. The van der Waals surface area contributed by atoms with E-state index in [1.54, 1.807) is 37.4 Å². The van der Waals surface area contributed by atoms with Crippen LogP contribution in [0.4, 0.5) is 4.39 Å². The predicted molar refractivity (Wildman–Crippen MR) is 134 cm³/mol. The predicted octanol–water partition coefficient (Wildman–Crippen LogP) is 5.07. The van der Waals surface area contributed by atoms with Gasteiger partial charge >= 0.3 is 0 Å². The SMILES string of the molecule is COc1ccc2[nH]cc(CCN3C(=O)C(O)=C(C(=O)Cc4ccccc4)[C@H]3c3ccccc3F)c2c1. The fourth-order valence-electron chi connectivity index (χ4n) is 4.80. The number of aliphatic hydroxyl groups is 1. The highest BCUT2D eigenvalue weighted by Crippen LogP contribution is 2.39. The number of aromatic nitrogens is 1. The number of methoxy groups -OCH3 is 1. The third-order valence-electron chi connectivity index (χ3n) is 6.61. The molecule has 182 valence electrons. The first-order chi connectivity index (χ1) is 17.5. The quantitative estimate of drug-likeness (QED) is 0.366. The summed E-state index contributed by atoms with van der Waals surface area (Å²) in [6.45, 7) is 0.175. The number of aliphatic hydroxyl groups excluding tert-OH is 1. The molecule has 3 aromatic carbocycles. The van der Waals surface area contributed by atoms with Crippen molar-refractivity contribution in [3.63, 3.8) is 0 Å². The first-order valence-corrected chi connectivity index (χ1v) is 11.7. The van der Waals surface area contributed by atoms with Crippen molar-refractivity contribution >= 4 is 22.6 Å². The molecule has 1 aromatic heterocycles. The maximum atomic E-state index is 15.0. The van der Waals surface area contributed by atoms with Crippen LogP contribution in [-0.4, -0.2) is 40.3 Å². The molecule has 0 bridgehead atoms. The molecule has 5 rings (SSSR count). The zero-order valence-corrected chi connectivity index (χ0v) is 19.7. The number of rotatable bonds is 8. The maximum absolute atomic E-state index is 15.0. The van der Waals surface area contributed by atoms with Gasteiger partial charge in [-0.25, -0.2) is 4.39 Å². The van der Waals surface area contributed by atoms with Crippen LogP contribution in [0.3, 0.4) is 0 Å². The van der Waals surface area contributed by atoms with Crippen molar-refractivity contribution in [1.29, 1.82) is 0 Å². The molecule has 6 nitrogen and oxygen atoms in total. The number of nitrogens with zero attached hydrogens (tertiary/aromatic N) is 1. The van der Waals surface area contributed by atoms with E-state index in [9.17, 15) is 19.1 Å². The molecule has 2 heterocycles. The summed E-state index contributed by atoms with van der Waals surface area (Å²) in [6, 6.07) is 19.8. The highest BCUT2D eigenvalue weighted by atomic mass is 19.1. The minimum Gasteiger partial charge on any atom is -0.503 e. The molecule has 1 atom stereocenters. The highest BCUT2D eigenvalue weighted by Gasteiger charge is 2.44. The average molecular weight is 485 g/mol. The standard InChI is InChI=1S/C29H25FN2O4/c1-36-20-11-12-24-22(16-20)19(17-31-24)13-14-32-27(21-9-5-6-10-23(21)30)26(28(34)29(32)35)25(33)15-18-7-3-2-4-8-18/h2-12,16-17,27,31,34H,13-15H2,1H3/t27-/m1/s1. The van der Waals surface area contributed by atoms with Gasteiger partial charge in [0.05, 0.1) is 18.7 Å². The summed E-state index contributed by atoms with van der Waals surface area (Å²) in [5, 5.41) is 11.8. The Hall–Kier alpha value is -4.39. The molecule has 1 aliphatic rings. The van der Waals surface area contributed by atoms with Crippen LogP contribution < -0.4 is 4.74 Å². The van der Waals surface area contributed by atoms with Gasteiger partial charge in [0.1, 0.15) is 11.6 Å². The van der Waals surface area contributed by atoms with E-state index >= 15 is 0 Å². The third kappa shape index (κ3) is 4.24. The number of halogens is 1. The molecule has 0 saturated heterocycles. The number of aromatic amines is 1. The Morgan fingerprint density at radius 3 is 2.58 bits per heavy atom. The van der Waals surface area contributed by atoms with Crippen LogP contribution >= 0.6 is 0 Å². The lowest BCUT2D eigenvalue weighted by Gasteiger charge is -2.27. The van der Waals surface area contributed by atoms with Gasteiger partial charge in [-0.05, 0) is 41.8 Å². The number of hydrogen-bond donors (Lipinski definition) is 2. The van der Waals surface area contributed by atoms with Crippen molar-refractivity contribution < 1.29 is 23.8 Å². The van der Waals surface area contributed by atoms with E-state index in [-0.39, 0.29) is 24.1 Å². The Kier molecular flexibility index (Phi) is 6.29. The first kappa shape index (κ1) is 23.4. The fourth-order valence-corrected chi connectivity index (χ4v) is 4.80. The minimum atomic E-state index is -1.02. The van der Waals surface area contributed by atoms with Crippen LogP contribution in [0, 0.1) is 5.82 Å². The summed E-state index contributed by atoms with van der Waals surface area (Å²) < 4.78 is 20.3. The molecule has 2 N–H and O–H groups in total. The van der Waals surface area contributed by atoms with E-state index in [0.29, 0.717) is 12.2 Å². The van der Waals surface area contributed by atoms with Crippen LogP contribution in [0.15, 0.2) is 90.3 Å². The van der Waals surface area contributed by atoms with Crippen LogP contribution in [0.1, 0.15) is 22.7 Å². The van der Waals surface area contributed by atoms with E-state index in [1.165, 1.54) is 11.0 Å². The Morgan fingerprint density at radius 2 is 1.83 bits per heavy atom. The number of nitrogens with one attached hydrogen (secondary N) is 1. The van der Waals surface area contributed by atoms with Crippen LogP contribution in [-0.2, 0) is 22.4 Å². The van der Waals surface area contributed by atoms with Gasteiger partial charge in [0.25, 0.3) is 5.91 Å². The summed E-state index contributed by atoms with van der Waals surface area (Å²) >= 11 is 0. The van der Waals surface area contributed by atoms with Crippen LogP contribution in [0.5, 0.6) is 5.75 Å². The maximum Gasteiger partial charge on any atom is 0.290 e. The number of carbonyl (C=O) groups is 2. The molecule has 0 saturated carbocycles. The van der Waals surface area contributed by atoms with Gasteiger partial charge in [-0.1, -0.05) is 48.5 Å². The number of ketones is 1. The summed E-state index contributed by atoms with van der Waals surface area (Å²) in [7, 11) is 1.60. The fraction of sp³-hybridized carbons (Fsp3) is 0.172. The molecule has 4 aromatic rings. The van der Waals surface area contributed by atoms with Gasteiger partial charge in [0, 0.05) is 35.6 Å². The normalized spacial score (nSPS) is 15.7. The van der Waals surface area contributed by atoms with Crippen molar-refractivity contribution in [3.05, 3.63) is 113 Å². The molecule has 36 heavy (non-hydrogen) atoms. The molecular formula is C29H25FN2O4. The van der Waals surface area contributed by atoms with Gasteiger partial charge in [0.15, 0.2) is 11.5 Å².